The molecule has 3 unspecified atom stereocenters. The Morgan fingerprint density at radius 1 is 1.19 bits per heavy atom. The van der Waals surface area contributed by atoms with Crippen molar-refractivity contribution in [2.75, 3.05) is 6.61 Å². The molecule has 3 aliphatic heterocycles. The molecule has 3 N–H and O–H groups in total. The highest BCUT2D eigenvalue weighted by Gasteiger charge is 2.76. The molecule has 3 aliphatic rings. The average molecular weight is 516 g/mol. The van der Waals surface area contributed by atoms with Gasteiger partial charge in [0, 0.05) is 17.3 Å². The lowest BCUT2D eigenvalue weighted by Crippen LogP contribution is -2.61. The van der Waals surface area contributed by atoms with Crippen LogP contribution in [0.5, 0.6) is 0 Å². The maximum absolute atomic E-state index is 14.2. The van der Waals surface area contributed by atoms with Crippen molar-refractivity contribution in [2.45, 2.75) is 88.5 Å². The van der Waals surface area contributed by atoms with E-state index < -0.39 is 34.2 Å². The van der Waals surface area contributed by atoms with Crippen molar-refractivity contribution in [3.63, 3.8) is 0 Å². The van der Waals surface area contributed by atoms with Gasteiger partial charge in [0.15, 0.2) is 0 Å². The smallest absolute Gasteiger partial charge is 0.244 e. The summed E-state index contributed by atoms with van der Waals surface area (Å²) in [5, 5.41) is 16.5. The Bertz CT molecular complexity index is 994. The van der Waals surface area contributed by atoms with Gasteiger partial charge in [-0.1, -0.05) is 51.1 Å². The molecular formula is C28H41N3O4S. The first-order valence-electron chi connectivity index (χ1n) is 13.1. The number of amides is 3. The maximum Gasteiger partial charge on any atom is 0.244 e. The number of aliphatic hydroxyl groups excluding tert-OH is 1. The van der Waals surface area contributed by atoms with Gasteiger partial charge in [-0.2, -0.15) is 0 Å². The molecule has 7 nitrogen and oxygen atoms in total. The van der Waals surface area contributed by atoms with Gasteiger partial charge in [-0.05, 0) is 51.0 Å². The molecule has 0 aromatic heterocycles. The first kappa shape index (κ1) is 27.0. The highest BCUT2D eigenvalue weighted by Crippen LogP contribution is 2.68. The summed E-state index contributed by atoms with van der Waals surface area (Å²) in [5.41, 5.74) is 0.536. The standard InChI is InChI=1S/C28H41N3O4S/c1-16(2)12-19(15-32)31-23(25(34)30-27(4,5)6)28-17(3)13-20(36-28)21(22(28)26(31)35)24(33)29-14-18-10-8-7-9-11-18/h7-11,16-17,19-23,32H,12-15H2,1-6H3,(H,29,33)(H,30,34)/t17?,19-,20+,21-,22+,23?,28?/m1/s1. The van der Waals surface area contributed by atoms with E-state index in [1.807, 2.05) is 51.1 Å². The average Bonchev–Trinajstić information content (AvgIpc) is 3.39. The van der Waals surface area contributed by atoms with Crippen LogP contribution in [0.25, 0.3) is 0 Å². The van der Waals surface area contributed by atoms with E-state index in [9.17, 15) is 19.5 Å². The van der Waals surface area contributed by atoms with Crippen molar-refractivity contribution in [1.29, 1.82) is 0 Å². The first-order valence-corrected chi connectivity index (χ1v) is 14.0. The number of thioether (sulfide) groups is 1. The highest BCUT2D eigenvalue weighted by molar-refractivity contribution is 8.02. The van der Waals surface area contributed by atoms with E-state index >= 15 is 0 Å². The minimum atomic E-state index is -0.720. The molecule has 7 atom stereocenters. The molecule has 0 radical (unpaired) electrons. The van der Waals surface area contributed by atoms with Gasteiger partial charge < -0.3 is 20.6 Å². The lowest BCUT2D eigenvalue weighted by atomic mass is 9.65. The van der Waals surface area contributed by atoms with Crippen molar-refractivity contribution < 1.29 is 19.5 Å². The van der Waals surface area contributed by atoms with Crippen molar-refractivity contribution >= 4 is 29.5 Å². The molecule has 8 heteroatoms. The molecule has 3 amide bonds. The molecule has 36 heavy (non-hydrogen) atoms. The SMILES string of the molecule is CC(C)C[C@H](CO)N1C(=O)[C@@H]2[C@H](C(=O)NCc3ccccc3)[C@@H]3CC(C)C2(S3)C1C(=O)NC(C)(C)C. The molecule has 0 aliphatic carbocycles. The molecule has 4 rings (SSSR count). The zero-order chi connectivity index (χ0) is 26.4. The first-order chi connectivity index (χ1) is 16.9. The topological polar surface area (TPSA) is 98.7 Å². The molecule has 1 aromatic carbocycles. The molecule has 3 heterocycles. The maximum atomic E-state index is 14.2. The van der Waals surface area contributed by atoms with Crippen LogP contribution in [0.15, 0.2) is 30.3 Å². The fraction of sp³-hybridized carbons (Fsp3) is 0.679. The van der Waals surface area contributed by atoms with Crippen molar-refractivity contribution in [3.05, 3.63) is 35.9 Å². The van der Waals surface area contributed by atoms with Crippen LogP contribution in [0.4, 0.5) is 0 Å². The Balaban J connectivity index is 1.70. The van der Waals surface area contributed by atoms with Gasteiger partial charge >= 0.3 is 0 Å². The predicted octanol–water partition coefficient (Wildman–Crippen LogP) is 2.96. The molecule has 1 spiro atoms. The summed E-state index contributed by atoms with van der Waals surface area (Å²) in [6.45, 7) is 12.2. The molecule has 3 saturated heterocycles. The van der Waals surface area contributed by atoms with Gasteiger partial charge in [-0.3, -0.25) is 14.4 Å². The summed E-state index contributed by atoms with van der Waals surface area (Å²) < 4.78 is -0.684. The van der Waals surface area contributed by atoms with E-state index in [4.69, 9.17) is 0 Å². The number of hydrogen-bond acceptors (Lipinski definition) is 5. The predicted molar refractivity (Wildman–Crippen MR) is 142 cm³/mol. The Hall–Kier alpha value is -2.06. The number of carbonyl (C=O) groups excluding carboxylic acids is 3. The van der Waals surface area contributed by atoms with Crippen molar-refractivity contribution in [2.24, 2.45) is 23.7 Å². The van der Waals surface area contributed by atoms with Crippen molar-refractivity contribution in [1.82, 2.24) is 15.5 Å². The van der Waals surface area contributed by atoms with E-state index in [0.29, 0.717) is 13.0 Å². The van der Waals surface area contributed by atoms with Gasteiger partial charge in [-0.15, -0.1) is 11.8 Å². The molecular weight excluding hydrogens is 474 g/mol. The van der Waals surface area contributed by atoms with Crippen LogP contribution in [-0.4, -0.2) is 62.0 Å². The Morgan fingerprint density at radius 3 is 2.44 bits per heavy atom. The summed E-state index contributed by atoms with van der Waals surface area (Å²) in [6.07, 6.45) is 1.39. The van der Waals surface area contributed by atoms with Crippen LogP contribution < -0.4 is 10.6 Å². The van der Waals surface area contributed by atoms with Crippen molar-refractivity contribution in [3.8, 4) is 0 Å². The second-order valence-corrected chi connectivity index (χ2v) is 13.8. The third-order valence-electron chi connectivity index (χ3n) is 7.89. The molecule has 2 bridgehead atoms. The number of aliphatic hydroxyl groups is 1. The zero-order valence-electron chi connectivity index (χ0n) is 22.3. The normalized spacial score (nSPS) is 32.1. The molecule has 0 saturated carbocycles. The number of fused-ring (bicyclic) bond motifs is 1. The van der Waals surface area contributed by atoms with Crippen LogP contribution >= 0.6 is 11.8 Å². The van der Waals surface area contributed by atoms with E-state index in [-0.39, 0.29) is 41.4 Å². The van der Waals surface area contributed by atoms with Gasteiger partial charge in [-0.25, -0.2) is 0 Å². The van der Waals surface area contributed by atoms with E-state index in [0.717, 1.165) is 12.0 Å². The van der Waals surface area contributed by atoms with Crippen LogP contribution in [0, 0.1) is 23.7 Å². The summed E-state index contributed by atoms with van der Waals surface area (Å²) in [4.78, 5) is 43.3. The van der Waals surface area contributed by atoms with Crippen LogP contribution in [0.1, 0.15) is 59.9 Å². The number of nitrogens with one attached hydrogen (secondary N) is 2. The number of rotatable bonds is 8. The van der Waals surface area contributed by atoms with E-state index in [2.05, 4.69) is 31.4 Å². The van der Waals surface area contributed by atoms with Gasteiger partial charge in [0.2, 0.25) is 17.7 Å². The minimum absolute atomic E-state index is 0.00511. The fourth-order valence-electron chi connectivity index (χ4n) is 6.61. The quantitative estimate of drug-likeness (QED) is 0.495. The van der Waals surface area contributed by atoms with Crippen LogP contribution in [0.2, 0.25) is 0 Å². The second kappa shape index (κ2) is 10.0. The van der Waals surface area contributed by atoms with Gasteiger partial charge in [0.25, 0.3) is 0 Å². The highest BCUT2D eigenvalue weighted by atomic mass is 32.2. The number of benzene rings is 1. The summed E-state index contributed by atoms with van der Waals surface area (Å²) >= 11 is 1.67. The molecule has 3 fully saturated rings. The number of nitrogens with zero attached hydrogens (tertiary/aromatic N) is 1. The Morgan fingerprint density at radius 2 is 1.86 bits per heavy atom. The van der Waals surface area contributed by atoms with E-state index in [1.54, 1.807) is 16.7 Å². The zero-order valence-corrected chi connectivity index (χ0v) is 23.1. The fourth-order valence-corrected chi connectivity index (χ4v) is 9.02. The van der Waals surface area contributed by atoms with Crippen LogP contribution in [0.3, 0.4) is 0 Å². The van der Waals surface area contributed by atoms with E-state index in [1.165, 1.54) is 0 Å². The van der Waals surface area contributed by atoms with Gasteiger partial charge in [0.1, 0.15) is 6.04 Å². The number of likely N-dealkylation sites (tertiary alicyclic amines) is 1. The summed E-state index contributed by atoms with van der Waals surface area (Å²) in [5.74, 6) is -1.20. The van der Waals surface area contributed by atoms with Gasteiger partial charge in [0.05, 0.1) is 29.2 Å². The minimum Gasteiger partial charge on any atom is -0.394 e. The summed E-state index contributed by atoms with van der Waals surface area (Å²) in [6, 6.07) is 8.55. The Kier molecular flexibility index (Phi) is 7.50. The summed E-state index contributed by atoms with van der Waals surface area (Å²) in [7, 11) is 0. The third-order valence-corrected chi connectivity index (χ3v) is 9.97. The second-order valence-electron chi connectivity index (χ2n) is 12.2. The Labute approximate surface area is 219 Å². The molecule has 198 valence electrons. The largest absolute Gasteiger partial charge is 0.394 e. The lowest BCUT2D eigenvalue weighted by Gasteiger charge is -2.41. The van der Waals surface area contributed by atoms with Crippen LogP contribution in [-0.2, 0) is 20.9 Å². The third kappa shape index (κ3) is 4.67. The number of carbonyl (C=O) groups is 3. The number of hydrogen-bond donors (Lipinski definition) is 3. The molecule has 1 aromatic rings. The lowest BCUT2D eigenvalue weighted by molar-refractivity contribution is -0.143. The monoisotopic (exact) mass is 515 g/mol.